The summed E-state index contributed by atoms with van der Waals surface area (Å²) >= 11 is 0. The average Bonchev–Trinajstić information content (AvgIpc) is 3.05. The SMILES string of the molecule is CN(Cc1ccco1)C(=O)CNc1ccc2ccccc2c1. The van der Waals surface area contributed by atoms with Crippen molar-refractivity contribution in [3.8, 4) is 0 Å². The van der Waals surface area contributed by atoms with Gasteiger partial charge >= 0.3 is 0 Å². The average molecular weight is 294 g/mol. The van der Waals surface area contributed by atoms with Crippen molar-refractivity contribution in [2.75, 3.05) is 18.9 Å². The van der Waals surface area contributed by atoms with Crippen molar-refractivity contribution in [3.63, 3.8) is 0 Å². The van der Waals surface area contributed by atoms with Gasteiger partial charge in [0.15, 0.2) is 0 Å². The minimum atomic E-state index is 0.0181. The Kier molecular flexibility index (Phi) is 4.10. The standard InChI is InChI=1S/C18H18N2O2/c1-20(13-17-7-4-10-22-17)18(21)12-19-16-9-8-14-5-2-3-6-15(14)11-16/h2-11,19H,12-13H2,1H3. The summed E-state index contributed by atoms with van der Waals surface area (Å²) in [7, 11) is 1.77. The molecule has 3 rings (SSSR count). The van der Waals surface area contributed by atoms with Gasteiger partial charge in [0.25, 0.3) is 0 Å². The van der Waals surface area contributed by atoms with Crippen LogP contribution in [-0.2, 0) is 11.3 Å². The molecule has 0 saturated carbocycles. The van der Waals surface area contributed by atoms with Crippen LogP contribution in [0.1, 0.15) is 5.76 Å². The van der Waals surface area contributed by atoms with Gasteiger partial charge in [0.05, 0.1) is 19.4 Å². The fraction of sp³-hybridized carbons (Fsp3) is 0.167. The van der Waals surface area contributed by atoms with E-state index in [1.54, 1.807) is 18.2 Å². The van der Waals surface area contributed by atoms with Crippen molar-refractivity contribution in [1.82, 2.24) is 4.90 Å². The minimum Gasteiger partial charge on any atom is -0.467 e. The maximum absolute atomic E-state index is 12.1. The van der Waals surface area contributed by atoms with Crippen LogP contribution in [0.2, 0.25) is 0 Å². The molecule has 112 valence electrons. The van der Waals surface area contributed by atoms with Crippen molar-refractivity contribution in [3.05, 3.63) is 66.6 Å². The lowest BCUT2D eigenvalue weighted by atomic mass is 10.1. The lowest BCUT2D eigenvalue weighted by molar-refractivity contribution is -0.128. The van der Waals surface area contributed by atoms with Gasteiger partial charge in [-0.2, -0.15) is 0 Å². The van der Waals surface area contributed by atoms with Gasteiger partial charge in [-0.15, -0.1) is 0 Å². The number of benzene rings is 2. The van der Waals surface area contributed by atoms with E-state index in [2.05, 4.69) is 29.6 Å². The first-order valence-electron chi connectivity index (χ1n) is 7.21. The Morgan fingerprint density at radius 1 is 1.09 bits per heavy atom. The molecule has 1 aromatic heterocycles. The van der Waals surface area contributed by atoms with Gasteiger partial charge in [-0.1, -0.05) is 30.3 Å². The molecule has 0 saturated heterocycles. The molecule has 0 aliphatic carbocycles. The second kappa shape index (κ2) is 6.35. The number of likely N-dealkylation sites (N-methyl/N-ethyl adjacent to an activating group) is 1. The molecule has 4 heteroatoms. The predicted octanol–water partition coefficient (Wildman–Crippen LogP) is 3.50. The molecule has 1 N–H and O–H groups in total. The Morgan fingerprint density at radius 3 is 2.68 bits per heavy atom. The van der Waals surface area contributed by atoms with Crippen molar-refractivity contribution in [2.45, 2.75) is 6.54 Å². The Balaban J connectivity index is 1.59. The maximum atomic E-state index is 12.1. The first-order valence-corrected chi connectivity index (χ1v) is 7.21. The summed E-state index contributed by atoms with van der Waals surface area (Å²) < 4.78 is 5.25. The Labute approximate surface area is 129 Å². The van der Waals surface area contributed by atoms with E-state index >= 15 is 0 Å². The molecule has 0 fully saturated rings. The van der Waals surface area contributed by atoms with Crippen LogP contribution < -0.4 is 5.32 Å². The molecule has 1 heterocycles. The van der Waals surface area contributed by atoms with Gasteiger partial charge in [-0.3, -0.25) is 4.79 Å². The van der Waals surface area contributed by atoms with Crippen LogP contribution in [0.5, 0.6) is 0 Å². The monoisotopic (exact) mass is 294 g/mol. The van der Waals surface area contributed by atoms with Gasteiger partial charge in [-0.05, 0) is 35.0 Å². The van der Waals surface area contributed by atoms with E-state index < -0.39 is 0 Å². The van der Waals surface area contributed by atoms with E-state index in [-0.39, 0.29) is 12.5 Å². The molecule has 0 radical (unpaired) electrons. The highest BCUT2D eigenvalue weighted by atomic mass is 16.3. The Morgan fingerprint density at radius 2 is 1.91 bits per heavy atom. The number of fused-ring (bicyclic) bond motifs is 1. The fourth-order valence-corrected chi connectivity index (χ4v) is 2.34. The molecule has 0 atom stereocenters. The van der Waals surface area contributed by atoms with Gasteiger partial charge < -0.3 is 14.6 Å². The molecule has 3 aromatic rings. The number of hydrogen-bond donors (Lipinski definition) is 1. The number of carbonyl (C=O) groups excluding carboxylic acids is 1. The first-order chi connectivity index (χ1) is 10.7. The van der Waals surface area contributed by atoms with Crippen LogP contribution >= 0.6 is 0 Å². The minimum absolute atomic E-state index is 0.0181. The van der Waals surface area contributed by atoms with E-state index in [1.165, 1.54) is 5.39 Å². The van der Waals surface area contributed by atoms with Crippen LogP contribution in [0.3, 0.4) is 0 Å². The summed E-state index contributed by atoms with van der Waals surface area (Å²) in [6.45, 7) is 0.737. The zero-order chi connectivity index (χ0) is 15.4. The molecule has 0 aliphatic rings. The number of furan rings is 1. The summed E-state index contributed by atoms with van der Waals surface area (Å²) in [4.78, 5) is 13.8. The number of nitrogens with one attached hydrogen (secondary N) is 1. The van der Waals surface area contributed by atoms with Crippen LogP contribution in [0.4, 0.5) is 5.69 Å². The number of amides is 1. The molecule has 1 amide bonds. The van der Waals surface area contributed by atoms with Crippen molar-refractivity contribution in [1.29, 1.82) is 0 Å². The summed E-state index contributed by atoms with van der Waals surface area (Å²) in [5.41, 5.74) is 0.943. The third-order valence-electron chi connectivity index (χ3n) is 3.59. The van der Waals surface area contributed by atoms with Crippen molar-refractivity contribution >= 4 is 22.4 Å². The number of anilines is 1. The van der Waals surface area contributed by atoms with E-state index in [0.29, 0.717) is 6.54 Å². The third-order valence-corrected chi connectivity index (χ3v) is 3.59. The number of hydrogen-bond acceptors (Lipinski definition) is 3. The quantitative estimate of drug-likeness (QED) is 0.783. The molecule has 22 heavy (non-hydrogen) atoms. The predicted molar refractivity (Wildman–Crippen MR) is 87.6 cm³/mol. The second-order valence-electron chi connectivity index (χ2n) is 5.24. The topological polar surface area (TPSA) is 45.5 Å². The normalized spacial score (nSPS) is 10.6. The highest BCUT2D eigenvalue weighted by Gasteiger charge is 2.10. The summed E-state index contributed by atoms with van der Waals surface area (Å²) in [5, 5.41) is 5.52. The van der Waals surface area contributed by atoms with E-state index in [4.69, 9.17) is 4.42 Å². The molecular weight excluding hydrogens is 276 g/mol. The first kappa shape index (κ1) is 14.2. The number of carbonyl (C=O) groups is 1. The Bertz CT molecular complexity index is 766. The fourth-order valence-electron chi connectivity index (χ4n) is 2.34. The largest absolute Gasteiger partial charge is 0.467 e. The highest BCUT2D eigenvalue weighted by molar-refractivity contribution is 5.87. The molecular formula is C18H18N2O2. The van der Waals surface area contributed by atoms with Gasteiger partial charge in [0.1, 0.15) is 5.76 Å². The van der Waals surface area contributed by atoms with Gasteiger partial charge in [0, 0.05) is 12.7 Å². The van der Waals surface area contributed by atoms with E-state index in [0.717, 1.165) is 16.8 Å². The summed E-state index contributed by atoms with van der Waals surface area (Å²) in [6, 6.07) is 17.9. The zero-order valence-electron chi connectivity index (χ0n) is 12.5. The molecule has 0 spiro atoms. The molecule has 0 unspecified atom stereocenters. The lowest BCUT2D eigenvalue weighted by Crippen LogP contribution is -2.31. The number of rotatable bonds is 5. The van der Waals surface area contributed by atoms with Gasteiger partial charge in [0.2, 0.25) is 5.91 Å². The number of nitrogens with zero attached hydrogens (tertiary/aromatic N) is 1. The third kappa shape index (κ3) is 3.28. The molecule has 4 nitrogen and oxygen atoms in total. The van der Waals surface area contributed by atoms with Crippen LogP contribution in [0, 0.1) is 0 Å². The van der Waals surface area contributed by atoms with Crippen molar-refractivity contribution in [2.24, 2.45) is 0 Å². The molecule has 2 aromatic carbocycles. The van der Waals surface area contributed by atoms with Gasteiger partial charge in [-0.25, -0.2) is 0 Å². The maximum Gasteiger partial charge on any atom is 0.242 e. The second-order valence-corrected chi connectivity index (χ2v) is 5.24. The lowest BCUT2D eigenvalue weighted by Gasteiger charge is -2.16. The molecule has 0 bridgehead atoms. The zero-order valence-corrected chi connectivity index (χ0v) is 12.5. The van der Waals surface area contributed by atoms with Crippen LogP contribution in [0.15, 0.2) is 65.3 Å². The van der Waals surface area contributed by atoms with Crippen LogP contribution in [-0.4, -0.2) is 24.4 Å². The van der Waals surface area contributed by atoms with E-state index in [9.17, 15) is 4.79 Å². The van der Waals surface area contributed by atoms with Crippen molar-refractivity contribution < 1.29 is 9.21 Å². The molecule has 0 aliphatic heterocycles. The summed E-state index contributed by atoms with van der Waals surface area (Å²) in [5.74, 6) is 0.797. The van der Waals surface area contributed by atoms with E-state index in [1.807, 2.05) is 30.3 Å². The highest BCUT2D eigenvalue weighted by Crippen LogP contribution is 2.18. The summed E-state index contributed by atoms with van der Waals surface area (Å²) in [6.07, 6.45) is 1.61. The Hall–Kier alpha value is -2.75. The van der Waals surface area contributed by atoms with Crippen LogP contribution in [0.25, 0.3) is 10.8 Å². The smallest absolute Gasteiger partial charge is 0.242 e.